The van der Waals surface area contributed by atoms with Crippen molar-refractivity contribution < 1.29 is 14.6 Å². The first-order valence-electron chi connectivity index (χ1n) is 17.0. The van der Waals surface area contributed by atoms with E-state index in [0.717, 1.165) is 70.8 Å². The number of carboxylic acids is 1. The van der Waals surface area contributed by atoms with Crippen LogP contribution in [0.15, 0.2) is 66.1 Å². The van der Waals surface area contributed by atoms with E-state index in [-0.39, 0.29) is 23.3 Å². The van der Waals surface area contributed by atoms with Gasteiger partial charge in [-0.2, -0.15) is 0 Å². The van der Waals surface area contributed by atoms with E-state index in [4.69, 9.17) is 15.6 Å². The summed E-state index contributed by atoms with van der Waals surface area (Å²) < 4.78 is 6.06. The van der Waals surface area contributed by atoms with E-state index in [0.29, 0.717) is 30.7 Å². The van der Waals surface area contributed by atoms with Crippen LogP contribution in [-0.4, -0.2) is 41.0 Å². The molecule has 0 aliphatic heterocycles. The molecule has 4 N–H and O–H groups in total. The first kappa shape index (κ1) is 37.2. The smallest absolute Gasteiger partial charge is 0.303 e. The van der Waals surface area contributed by atoms with Crippen LogP contribution in [-0.2, 0) is 14.9 Å². The largest absolute Gasteiger partial charge is 0.481 e. The third-order valence-corrected chi connectivity index (χ3v) is 9.45. The number of aliphatic carboxylic acids is 1. The molecule has 246 valence electrons. The number of ether oxygens (including phenoxy) is 1. The standard InChI is InChI=1S/C38H61N3O3/c1-7-30(3)33(8-2)41(27-17-15-23-35(42)43)36(40)37(4,5)25-16-18-28-44-34(39)29-38(6,32-21-13-10-14-22-32)26-24-31-19-11-9-12-20-31/h10-11,13-14,19-22,29-30,33,40H,7-9,12,15-18,23-28,39H2,1-6H3,(H,42,43)/b34-29+,40-36?. The van der Waals surface area contributed by atoms with Crippen LogP contribution in [0.3, 0.4) is 0 Å². The monoisotopic (exact) mass is 607 g/mol. The molecule has 0 saturated carbocycles. The fourth-order valence-electron chi connectivity index (χ4n) is 6.30. The first-order chi connectivity index (χ1) is 20.9. The zero-order valence-electron chi connectivity index (χ0n) is 28.5. The molecule has 1 aliphatic carbocycles. The van der Waals surface area contributed by atoms with Crippen molar-refractivity contribution in [2.45, 2.75) is 130 Å². The molecule has 0 saturated heterocycles. The molecule has 0 aromatic heterocycles. The minimum absolute atomic E-state index is 0.183. The van der Waals surface area contributed by atoms with Gasteiger partial charge in [0.15, 0.2) is 5.88 Å². The minimum atomic E-state index is -0.752. The first-order valence-corrected chi connectivity index (χ1v) is 17.0. The number of rotatable bonds is 21. The highest BCUT2D eigenvalue weighted by atomic mass is 16.5. The molecule has 0 fully saturated rings. The molecule has 0 spiro atoms. The van der Waals surface area contributed by atoms with Crippen molar-refractivity contribution in [3.63, 3.8) is 0 Å². The van der Waals surface area contributed by atoms with Gasteiger partial charge in [0.1, 0.15) is 5.84 Å². The summed E-state index contributed by atoms with van der Waals surface area (Å²) >= 11 is 0. The lowest BCUT2D eigenvalue weighted by Gasteiger charge is -2.42. The maximum Gasteiger partial charge on any atom is 0.303 e. The van der Waals surface area contributed by atoms with Crippen molar-refractivity contribution in [2.75, 3.05) is 13.2 Å². The van der Waals surface area contributed by atoms with Gasteiger partial charge in [0.05, 0.1) is 6.61 Å². The second-order valence-electron chi connectivity index (χ2n) is 13.5. The van der Waals surface area contributed by atoms with Crippen molar-refractivity contribution in [3.8, 4) is 0 Å². The normalized spacial score (nSPS) is 16.5. The molecular formula is C38H61N3O3. The van der Waals surface area contributed by atoms with Crippen molar-refractivity contribution in [1.29, 1.82) is 5.41 Å². The lowest BCUT2D eigenvalue weighted by Crippen LogP contribution is -2.49. The molecule has 3 atom stereocenters. The van der Waals surface area contributed by atoms with Crippen molar-refractivity contribution in [2.24, 2.45) is 17.1 Å². The van der Waals surface area contributed by atoms with E-state index in [1.807, 2.05) is 6.07 Å². The van der Waals surface area contributed by atoms with Gasteiger partial charge in [-0.15, -0.1) is 0 Å². The predicted molar refractivity (Wildman–Crippen MR) is 185 cm³/mol. The molecule has 0 radical (unpaired) electrons. The van der Waals surface area contributed by atoms with Crippen molar-refractivity contribution >= 4 is 11.8 Å². The third kappa shape index (κ3) is 12.2. The molecule has 1 aliphatic rings. The highest BCUT2D eigenvalue weighted by molar-refractivity contribution is 5.85. The molecule has 6 heteroatoms. The molecule has 0 bridgehead atoms. The Hall–Kier alpha value is -3.02. The van der Waals surface area contributed by atoms with Gasteiger partial charge < -0.3 is 20.5 Å². The van der Waals surface area contributed by atoms with E-state index < -0.39 is 5.97 Å². The number of carbonyl (C=O) groups is 1. The average molecular weight is 608 g/mol. The Labute approximate surface area is 268 Å². The van der Waals surface area contributed by atoms with Gasteiger partial charge in [0.2, 0.25) is 0 Å². The maximum atomic E-state index is 11.0. The summed E-state index contributed by atoms with van der Waals surface area (Å²) in [6.07, 6.45) is 19.5. The summed E-state index contributed by atoms with van der Waals surface area (Å²) in [5.41, 5.74) is 8.58. The minimum Gasteiger partial charge on any atom is -0.481 e. The number of hydrogen-bond acceptors (Lipinski definition) is 4. The SMILES string of the molecule is CCC(C)C(CC)N(CCCCC(=O)O)C(=N)C(C)(C)CCCCO/C(N)=C/C(C)(CCC1=CCCC=C1)c1ccccc1. The Morgan fingerprint density at radius 1 is 1.07 bits per heavy atom. The number of benzene rings is 1. The Balaban J connectivity index is 1.98. The van der Waals surface area contributed by atoms with Gasteiger partial charge in [-0.1, -0.05) is 102 Å². The molecule has 44 heavy (non-hydrogen) atoms. The molecule has 2 rings (SSSR count). The van der Waals surface area contributed by atoms with Crippen LogP contribution in [0.2, 0.25) is 0 Å². The van der Waals surface area contributed by atoms with Crippen LogP contribution in [0.4, 0.5) is 0 Å². The summed E-state index contributed by atoms with van der Waals surface area (Å²) in [4.78, 5) is 13.3. The van der Waals surface area contributed by atoms with Gasteiger partial charge in [-0.25, -0.2) is 0 Å². The molecule has 6 nitrogen and oxygen atoms in total. The Morgan fingerprint density at radius 3 is 2.41 bits per heavy atom. The van der Waals surface area contributed by atoms with E-state index in [1.54, 1.807) is 0 Å². The lowest BCUT2D eigenvalue weighted by atomic mass is 9.77. The van der Waals surface area contributed by atoms with Gasteiger partial charge in [-0.3, -0.25) is 10.2 Å². The summed E-state index contributed by atoms with van der Waals surface area (Å²) in [6.45, 7) is 14.5. The lowest BCUT2D eigenvalue weighted by molar-refractivity contribution is -0.137. The van der Waals surface area contributed by atoms with E-state index in [1.165, 1.54) is 11.1 Å². The second-order valence-corrected chi connectivity index (χ2v) is 13.5. The number of carboxylic acid groups (broad SMARTS) is 1. The third-order valence-electron chi connectivity index (χ3n) is 9.45. The molecule has 0 amide bonds. The maximum absolute atomic E-state index is 11.0. The van der Waals surface area contributed by atoms with Crippen molar-refractivity contribution in [1.82, 2.24) is 4.90 Å². The number of nitrogens with zero attached hydrogens (tertiary/aromatic N) is 1. The fraction of sp³-hybridized carbons (Fsp3) is 0.632. The Bertz CT molecular complexity index is 1110. The van der Waals surface area contributed by atoms with Crippen LogP contribution in [0.25, 0.3) is 0 Å². The summed E-state index contributed by atoms with van der Waals surface area (Å²) in [5, 5.41) is 18.3. The number of amidine groups is 1. The predicted octanol–water partition coefficient (Wildman–Crippen LogP) is 9.37. The van der Waals surface area contributed by atoms with Gasteiger partial charge in [0.25, 0.3) is 0 Å². The molecule has 1 aromatic rings. The quantitative estimate of drug-likeness (QED) is 0.0559. The van der Waals surface area contributed by atoms with Crippen LogP contribution in [0.5, 0.6) is 0 Å². The molecule has 1 aromatic carbocycles. The number of nitrogens with one attached hydrogen (secondary N) is 1. The fourth-order valence-corrected chi connectivity index (χ4v) is 6.30. The number of hydrogen-bond donors (Lipinski definition) is 3. The number of unbranched alkanes of at least 4 members (excludes halogenated alkanes) is 2. The van der Waals surface area contributed by atoms with E-state index >= 15 is 0 Å². The highest BCUT2D eigenvalue weighted by Gasteiger charge is 2.33. The number of nitrogens with two attached hydrogens (primary N) is 1. The topological polar surface area (TPSA) is 99.6 Å². The molecular weight excluding hydrogens is 546 g/mol. The summed E-state index contributed by atoms with van der Waals surface area (Å²) in [6, 6.07) is 10.8. The second kappa shape index (κ2) is 18.7. The average Bonchev–Trinajstić information content (AvgIpc) is 3.01. The number of allylic oxidation sites excluding steroid dienone is 5. The molecule has 3 unspecified atom stereocenters. The Kier molecular flexibility index (Phi) is 15.8. The summed E-state index contributed by atoms with van der Waals surface area (Å²) in [5.74, 6) is 0.860. The highest BCUT2D eigenvalue weighted by Crippen LogP contribution is 2.34. The zero-order chi connectivity index (χ0) is 32.6. The van der Waals surface area contributed by atoms with Crippen molar-refractivity contribution in [3.05, 3.63) is 71.7 Å². The van der Waals surface area contributed by atoms with Crippen LogP contribution in [0.1, 0.15) is 124 Å². The van der Waals surface area contributed by atoms with Gasteiger partial charge in [0, 0.05) is 29.8 Å². The van der Waals surface area contributed by atoms with Gasteiger partial charge in [-0.05, 0) is 81.8 Å². The Morgan fingerprint density at radius 2 is 1.80 bits per heavy atom. The van der Waals surface area contributed by atoms with Crippen LogP contribution in [0, 0.1) is 16.7 Å². The van der Waals surface area contributed by atoms with Crippen LogP contribution < -0.4 is 5.73 Å². The molecule has 0 heterocycles. The van der Waals surface area contributed by atoms with E-state index in [2.05, 4.69) is 95.0 Å². The zero-order valence-corrected chi connectivity index (χ0v) is 28.5. The van der Waals surface area contributed by atoms with E-state index in [9.17, 15) is 10.2 Å². The van der Waals surface area contributed by atoms with Crippen LogP contribution >= 0.6 is 0 Å². The van der Waals surface area contributed by atoms with Gasteiger partial charge >= 0.3 is 5.97 Å². The summed E-state index contributed by atoms with van der Waals surface area (Å²) in [7, 11) is 0.